The van der Waals surface area contributed by atoms with Gasteiger partial charge in [-0.1, -0.05) is 15.9 Å². The lowest BCUT2D eigenvalue weighted by Gasteiger charge is -2.04. The predicted octanol–water partition coefficient (Wildman–Crippen LogP) is 2.68. The van der Waals surface area contributed by atoms with Crippen LogP contribution in [0.4, 0.5) is 5.69 Å². The number of benzene rings is 1. The molecule has 0 saturated heterocycles. The summed E-state index contributed by atoms with van der Waals surface area (Å²) >= 11 is 4.53. The molecule has 0 bridgehead atoms. The Bertz CT molecular complexity index is 638. The van der Waals surface area contributed by atoms with E-state index in [1.807, 2.05) is 31.3 Å². The maximum Gasteiger partial charge on any atom is 0.197 e. The second-order valence-corrected chi connectivity index (χ2v) is 5.79. The number of carbonyl (C=O) groups excluding carboxylic acids is 1. The molecule has 0 aliphatic carbocycles. The van der Waals surface area contributed by atoms with Gasteiger partial charge in [-0.25, -0.2) is 0 Å². The first kappa shape index (κ1) is 14.7. The Labute approximate surface area is 128 Å². The lowest BCUT2D eigenvalue weighted by molar-refractivity contribution is -0.110. The van der Waals surface area contributed by atoms with E-state index in [2.05, 4.69) is 36.7 Å². The number of hydrazone groups is 1. The van der Waals surface area contributed by atoms with Gasteiger partial charge in [0.25, 0.3) is 0 Å². The Balaban J connectivity index is 2.12. The van der Waals surface area contributed by atoms with E-state index in [0.29, 0.717) is 10.2 Å². The highest BCUT2D eigenvalue weighted by Gasteiger charge is 2.12. The molecule has 8 heteroatoms. The highest BCUT2D eigenvalue weighted by Crippen LogP contribution is 2.18. The number of halogens is 1. The van der Waals surface area contributed by atoms with Crippen molar-refractivity contribution in [2.45, 2.75) is 12.1 Å². The smallest absolute Gasteiger partial charge is 0.197 e. The van der Waals surface area contributed by atoms with E-state index < -0.39 is 0 Å². The second kappa shape index (κ2) is 6.67. The summed E-state index contributed by atoms with van der Waals surface area (Å²) in [4.78, 5) is 11.6. The monoisotopic (exact) mass is 353 g/mol. The van der Waals surface area contributed by atoms with Crippen LogP contribution in [0.25, 0.3) is 0 Å². The largest absolute Gasteiger partial charge is 0.311 e. The van der Waals surface area contributed by atoms with E-state index in [4.69, 9.17) is 0 Å². The number of anilines is 1. The van der Waals surface area contributed by atoms with Crippen LogP contribution in [-0.4, -0.2) is 25.6 Å². The molecule has 0 fully saturated rings. The fourth-order valence-electron chi connectivity index (χ4n) is 1.26. The molecule has 2 aromatic rings. The van der Waals surface area contributed by atoms with Crippen LogP contribution in [0.1, 0.15) is 6.92 Å². The lowest BCUT2D eigenvalue weighted by Crippen LogP contribution is -2.09. The third-order valence-corrected chi connectivity index (χ3v) is 3.94. The highest BCUT2D eigenvalue weighted by atomic mass is 79.9. The van der Waals surface area contributed by atoms with Gasteiger partial charge in [-0.2, -0.15) is 5.10 Å². The average molecular weight is 354 g/mol. The van der Waals surface area contributed by atoms with Crippen LogP contribution in [-0.2, 0) is 11.8 Å². The van der Waals surface area contributed by atoms with Crippen molar-refractivity contribution in [2.75, 3.05) is 5.43 Å². The summed E-state index contributed by atoms with van der Waals surface area (Å²) in [5.41, 5.74) is 3.65. The van der Waals surface area contributed by atoms with Crippen molar-refractivity contribution in [3.63, 3.8) is 0 Å². The summed E-state index contributed by atoms with van der Waals surface area (Å²) in [6, 6.07) is 7.50. The molecule has 0 radical (unpaired) electrons. The van der Waals surface area contributed by atoms with Crippen LogP contribution in [0, 0.1) is 0 Å². The third kappa shape index (κ3) is 3.91. The van der Waals surface area contributed by atoms with E-state index in [1.165, 1.54) is 18.7 Å². The number of thioether (sulfide) groups is 1. The van der Waals surface area contributed by atoms with Crippen molar-refractivity contribution < 1.29 is 4.79 Å². The van der Waals surface area contributed by atoms with Gasteiger partial charge in [-0.15, -0.1) is 10.2 Å². The van der Waals surface area contributed by atoms with Crippen LogP contribution < -0.4 is 5.43 Å². The first-order valence-electron chi connectivity index (χ1n) is 5.68. The van der Waals surface area contributed by atoms with Crippen LogP contribution >= 0.6 is 27.7 Å². The second-order valence-electron chi connectivity index (χ2n) is 3.92. The SMILES string of the molecule is CC(=O)/C(=N/Nc1ccc(Br)cc1)Sc1nncn1C. The van der Waals surface area contributed by atoms with Crippen LogP contribution in [0.3, 0.4) is 0 Å². The number of nitrogens with one attached hydrogen (secondary N) is 1. The summed E-state index contributed by atoms with van der Waals surface area (Å²) in [6.45, 7) is 1.46. The molecule has 1 aromatic heterocycles. The van der Waals surface area contributed by atoms with Crippen molar-refractivity contribution in [2.24, 2.45) is 12.1 Å². The molecule has 0 aliphatic rings. The summed E-state index contributed by atoms with van der Waals surface area (Å²) in [7, 11) is 1.81. The molecule has 1 heterocycles. The molecule has 1 aromatic carbocycles. The van der Waals surface area contributed by atoms with Crippen molar-refractivity contribution in [1.29, 1.82) is 0 Å². The van der Waals surface area contributed by atoms with Crippen LogP contribution in [0.5, 0.6) is 0 Å². The number of nitrogens with zero attached hydrogens (tertiary/aromatic N) is 4. The van der Waals surface area contributed by atoms with Gasteiger partial charge >= 0.3 is 0 Å². The predicted molar refractivity (Wildman–Crippen MR) is 82.7 cm³/mol. The number of hydrogen-bond acceptors (Lipinski definition) is 6. The van der Waals surface area contributed by atoms with Gasteiger partial charge in [0, 0.05) is 18.4 Å². The summed E-state index contributed by atoms with van der Waals surface area (Å²) in [5.74, 6) is -0.136. The zero-order valence-corrected chi connectivity index (χ0v) is 13.3. The molecule has 1 N–H and O–H groups in total. The zero-order valence-electron chi connectivity index (χ0n) is 10.9. The van der Waals surface area contributed by atoms with Crippen LogP contribution in [0.15, 0.2) is 45.3 Å². The molecule has 104 valence electrons. The summed E-state index contributed by atoms with van der Waals surface area (Å²) in [5, 5.41) is 12.7. The number of aromatic nitrogens is 3. The minimum atomic E-state index is -0.136. The lowest BCUT2D eigenvalue weighted by atomic mass is 10.3. The molecule has 0 spiro atoms. The van der Waals surface area contributed by atoms with Gasteiger partial charge < -0.3 is 4.57 Å². The molecular formula is C12H12BrN5OS. The Morgan fingerprint density at radius 1 is 1.40 bits per heavy atom. The number of rotatable bonds is 4. The fourth-order valence-corrected chi connectivity index (χ4v) is 2.22. The van der Waals surface area contributed by atoms with Crippen molar-refractivity contribution in [3.05, 3.63) is 35.1 Å². The van der Waals surface area contributed by atoms with Crippen molar-refractivity contribution in [3.8, 4) is 0 Å². The van der Waals surface area contributed by atoms with Gasteiger partial charge in [0.15, 0.2) is 16.0 Å². The summed E-state index contributed by atoms with van der Waals surface area (Å²) < 4.78 is 2.70. The number of Topliss-reactive ketones (excluding diaryl/α,β-unsaturated/α-hetero) is 1. The van der Waals surface area contributed by atoms with Crippen LogP contribution in [0.2, 0.25) is 0 Å². The third-order valence-electron chi connectivity index (χ3n) is 2.29. The zero-order chi connectivity index (χ0) is 14.5. The minimum Gasteiger partial charge on any atom is -0.311 e. The Morgan fingerprint density at radius 3 is 2.65 bits per heavy atom. The molecule has 20 heavy (non-hydrogen) atoms. The number of carbonyl (C=O) groups is 1. The Kier molecular flexibility index (Phi) is 4.91. The number of aryl methyl sites for hydroxylation is 1. The van der Waals surface area contributed by atoms with E-state index in [1.54, 1.807) is 10.9 Å². The maximum absolute atomic E-state index is 11.6. The van der Waals surface area contributed by atoms with E-state index in [0.717, 1.165) is 10.2 Å². The normalized spacial score (nSPS) is 11.4. The van der Waals surface area contributed by atoms with Gasteiger partial charge in [-0.3, -0.25) is 10.2 Å². The highest BCUT2D eigenvalue weighted by molar-refractivity contribution is 9.10. The Morgan fingerprint density at radius 2 is 2.10 bits per heavy atom. The summed E-state index contributed by atoms with van der Waals surface area (Å²) in [6.07, 6.45) is 1.57. The van der Waals surface area contributed by atoms with Crippen molar-refractivity contribution >= 4 is 44.2 Å². The van der Waals surface area contributed by atoms with Crippen molar-refractivity contribution in [1.82, 2.24) is 14.8 Å². The van der Waals surface area contributed by atoms with Gasteiger partial charge in [0.1, 0.15) is 6.33 Å². The Hall–Kier alpha value is -1.67. The average Bonchev–Trinajstić information content (AvgIpc) is 2.81. The van der Waals surface area contributed by atoms with Gasteiger partial charge in [0.2, 0.25) is 0 Å². The van der Waals surface area contributed by atoms with E-state index in [9.17, 15) is 4.79 Å². The number of hydrogen-bond donors (Lipinski definition) is 1. The first-order chi connectivity index (χ1) is 9.56. The van der Waals surface area contributed by atoms with Gasteiger partial charge in [0.05, 0.1) is 5.69 Å². The molecule has 0 unspecified atom stereocenters. The molecule has 0 saturated carbocycles. The number of ketones is 1. The van der Waals surface area contributed by atoms with E-state index in [-0.39, 0.29) is 5.78 Å². The fraction of sp³-hybridized carbons (Fsp3) is 0.167. The first-order valence-corrected chi connectivity index (χ1v) is 7.29. The molecular weight excluding hydrogens is 342 g/mol. The quantitative estimate of drug-likeness (QED) is 0.396. The molecule has 0 atom stereocenters. The maximum atomic E-state index is 11.6. The molecule has 2 rings (SSSR count). The molecule has 0 aliphatic heterocycles. The van der Waals surface area contributed by atoms with Gasteiger partial charge in [-0.05, 0) is 36.0 Å². The molecule has 0 amide bonds. The standard InChI is InChI=1S/C12H12BrN5OS/c1-8(19)11(20-12-17-14-7-18(12)2)16-15-10-5-3-9(13)4-6-10/h3-7,15H,1-2H3/b16-11-. The molecule has 6 nitrogen and oxygen atoms in total. The minimum absolute atomic E-state index is 0.136. The van der Waals surface area contributed by atoms with E-state index >= 15 is 0 Å². The topological polar surface area (TPSA) is 72.2 Å².